The molecular formula is C10H20N2O4S. The minimum atomic E-state index is -3.30. The van der Waals surface area contributed by atoms with Crippen molar-refractivity contribution in [1.82, 2.24) is 9.62 Å². The van der Waals surface area contributed by atoms with Gasteiger partial charge in [-0.15, -0.1) is 0 Å². The minimum Gasteiger partial charge on any atom is -0.383 e. The summed E-state index contributed by atoms with van der Waals surface area (Å²) in [5, 5.41) is 2.75. The van der Waals surface area contributed by atoms with Gasteiger partial charge in [-0.3, -0.25) is 4.79 Å². The second-order valence-electron chi connectivity index (χ2n) is 4.40. The topological polar surface area (TPSA) is 75.7 Å². The number of nitrogens with zero attached hydrogens (tertiary/aromatic N) is 1. The van der Waals surface area contributed by atoms with Crippen LogP contribution in [0.4, 0.5) is 0 Å². The Labute approximate surface area is 102 Å². The Morgan fingerprint density at radius 3 is 2.76 bits per heavy atom. The molecule has 0 saturated carbocycles. The summed E-state index contributed by atoms with van der Waals surface area (Å²) < 4.78 is 29.1. The van der Waals surface area contributed by atoms with Crippen LogP contribution in [0.5, 0.6) is 0 Å². The molecule has 100 valence electrons. The van der Waals surface area contributed by atoms with E-state index in [1.165, 1.54) is 4.31 Å². The molecule has 17 heavy (non-hydrogen) atoms. The molecule has 0 spiro atoms. The van der Waals surface area contributed by atoms with Gasteiger partial charge in [-0.1, -0.05) is 0 Å². The fraction of sp³-hybridized carbons (Fsp3) is 0.900. The molecule has 1 saturated heterocycles. The smallest absolute Gasteiger partial charge is 0.238 e. The monoisotopic (exact) mass is 264 g/mol. The van der Waals surface area contributed by atoms with Crippen LogP contribution in [0.2, 0.25) is 0 Å². The molecule has 1 N–H and O–H groups in total. The van der Waals surface area contributed by atoms with Crippen LogP contribution in [0, 0.1) is 0 Å². The third kappa shape index (κ3) is 3.93. The highest BCUT2D eigenvalue weighted by molar-refractivity contribution is 7.88. The van der Waals surface area contributed by atoms with Crippen molar-refractivity contribution in [2.75, 3.05) is 26.5 Å². The van der Waals surface area contributed by atoms with Gasteiger partial charge in [0.2, 0.25) is 15.9 Å². The van der Waals surface area contributed by atoms with E-state index < -0.39 is 16.1 Å². The van der Waals surface area contributed by atoms with Gasteiger partial charge in [0.1, 0.15) is 6.04 Å². The summed E-state index contributed by atoms with van der Waals surface area (Å²) in [6.07, 6.45) is 2.44. The highest BCUT2D eigenvalue weighted by Crippen LogP contribution is 2.20. The second kappa shape index (κ2) is 5.79. The Balaban J connectivity index is 2.63. The second-order valence-corrected chi connectivity index (χ2v) is 6.33. The van der Waals surface area contributed by atoms with Crippen molar-refractivity contribution in [3.8, 4) is 0 Å². The third-order valence-corrected chi connectivity index (χ3v) is 4.03. The van der Waals surface area contributed by atoms with Gasteiger partial charge in [-0.25, -0.2) is 8.42 Å². The third-order valence-electron chi connectivity index (χ3n) is 2.74. The zero-order valence-electron chi connectivity index (χ0n) is 10.5. The van der Waals surface area contributed by atoms with E-state index in [0.29, 0.717) is 19.6 Å². The maximum absolute atomic E-state index is 11.9. The summed E-state index contributed by atoms with van der Waals surface area (Å²) in [6.45, 7) is 2.66. The lowest BCUT2D eigenvalue weighted by Crippen LogP contribution is -2.48. The zero-order chi connectivity index (χ0) is 13.1. The quantitative estimate of drug-likeness (QED) is 0.730. The highest BCUT2D eigenvalue weighted by Gasteiger charge is 2.36. The molecule has 1 aliphatic rings. The molecule has 0 aromatic carbocycles. The van der Waals surface area contributed by atoms with E-state index in [-0.39, 0.29) is 11.9 Å². The van der Waals surface area contributed by atoms with Gasteiger partial charge in [-0.05, 0) is 19.8 Å². The van der Waals surface area contributed by atoms with Gasteiger partial charge in [0.25, 0.3) is 0 Å². The molecule has 0 radical (unpaired) electrons. The van der Waals surface area contributed by atoms with Gasteiger partial charge in [0.05, 0.1) is 12.9 Å². The van der Waals surface area contributed by atoms with Gasteiger partial charge >= 0.3 is 0 Å². The lowest BCUT2D eigenvalue weighted by molar-refractivity contribution is -0.125. The lowest BCUT2D eigenvalue weighted by atomic mass is 10.2. The van der Waals surface area contributed by atoms with Crippen LogP contribution < -0.4 is 5.32 Å². The summed E-state index contributed by atoms with van der Waals surface area (Å²) in [6, 6.07) is -0.682. The first-order valence-electron chi connectivity index (χ1n) is 5.62. The Bertz CT molecular complexity index is 369. The van der Waals surface area contributed by atoms with Gasteiger partial charge in [0, 0.05) is 19.7 Å². The Kier molecular flexibility index (Phi) is 4.91. The number of ether oxygens (including phenoxy) is 1. The van der Waals surface area contributed by atoms with Crippen LogP contribution in [-0.4, -0.2) is 57.2 Å². The lowest BCUT2D eigenvalue weighted by Gasteiger charge is -2.23. The van der Waals surface area contributed by atoms with E-state index in [0.717, 1.165) is 12.7 Å². The van der Waals surface area contributed by atoms with E-state index >= 15 is 0 Å². The van der Waals surface area contributed by atoms with Crippen molar-refractivity contribution in [3.05, 3.63) is 0 Å². The van der Waals surface area contributed by atoms with Gasteiger partial charge < -0.3 is 10.1 Å². The number of nitrogens with one attached hydrogen (secondary N) is 1. The molecule has 2 atom stereocenters. The molecular weight excluding hydrogens is 244 g/mol. The number of rotatable bonds is 5. The molecule has 6 nitrogen and oxygen atoms in total. The number of methoxy groups -OCH3 is 1. The van der Waals surface area contributed by atoms with Gasteiger partial charge in [-0.2, -0.15) is 4.31 Å². The molecule has 0 aromatic rings. The van der Waals surface area contributed by atoms with E-state index in [1.807, 2.05) is 6.92 Å². The Hall–Kier alpha value is -0.660. The number of hydrogen-bond acceptors (Lipinski definition) is 4. The fourth-order valence-electron chi connectivity index (χ4n) is 2.03. The first-order valence-corrected chi connectivity index (χ1v) is 7.47. The maximum atomic E-state index is 11.9. The Morgan fingerprint density at radius 2 is 2.24 bits per heavy atom. The first kappa shape index (κ1) is 14.4. The summed E-state index contributed by atoms with van der Waals surface area (Å²) in [7, 11) is -1.75. The Morgan fingerprint density at radius 1 is 1.59 bits per heavy atom. The molecule has 1 rings (SSSR count). The van der Waals surface area contributed by atoms with Crippen LogP contribution in [0.3, 0.4) is 0 Å². The minimum absolute atomic E-state index is 0.116. The number of sulfonamides is 1. The standard InChI is InChI=1S/C10H20N2O4S/c1-8(7-16-2)11-10(13)9-5-4-6-12(9)17(3,14)15/h8-9H,4-7H2,1-3H3,(H,11,13)/t8-,9-/m1/s1. The number of carbonyl (C=O) groups is 1. The van der Waals surface area contributed by atoms with Crippen molar-refractivity contribution < 1.29 is 17.9 Å². The van der Waals surface area contributed by atoms with Crippen LogP contribution in [0.1, 0.15) is 19.8 Å². The van der Waals surface area contributed by atoms with Crippen molar-refractivity contribution in [3.63, 3.8) is 0 Å². The average molecular weight is 264 g/mol. The molecule has 0 unspecified atom stereocenters. The maximum Gasteiger partial charge on any atom is 0.238 e. The molecule has 1 heterocycles. The van der Waals surface area contributed by atoms with Crippen LogP contribution in [0.25, 0.3) is 0 Å². The van der Waals surface area contributed by atoms with E-state index in [1.54, 1.807) is 7.11 Å². The summed E-state index contributed by atoms with van der Waals surface area (Å²) in [5.74, 6) is -0.238. The van der Waals surface area contributed by atoms with Crippen LogP contribution in [-0.2, 0) is 19.6 Å². The van der Waals surface area contributed by atoms with Crippen LogP contribution >= 0.6 is 0 Å². The van der Waals surface area contributed by atoms with E-state index in [9.17, 15) is 13.2 Å². The molecule has 0 aromatic heterocycles. The molecule has 0 aliphatic carbocycles. The summed E-state index contributed by atoms with van der Waals surface area (Å²) in [5.41, 5.74) is 0. The predicted octanol–water partition coefficient (Wildman–Crippen LogP) is -0.438. The molecule has 1 amide bonds. The summed E-state index contributed by atoms with van der Waals surface area (Å²) >= 11 is 0. The number of amides is 1. The average Bonchev–Trinajstić information content (AvgIpc) is 2.65. The normalized spacial score (nSPS) is 23.6. The van der Waals surface area contributed by atoms with Crippen molar-refractivity contribution in [2.45, 2.75) is 31.8 Å². The van der Waals surface area contributed by atoms with Crippen molar-refractivity contribution in [1.29, 1.82) is 0 Å². The first-order chi connectivity index (χ1) is 7.86. The fourth-order valence-corrected chi connectivity index (χ4v) is 3.15. The molecule has 1 fully saturated rings. The molecule has 0 bridgehead atoms. The highest BCUT2D eigenvalue weighted by atomic mass is 32.2. The van der Waals surface area contributed by atoms with E-state index in [2.05, 4.69) is 5.32 Å². The van der Waals surface area contributed by atoms with Gasteiger partial charge in [0.15, 0.2) is 0 Å². The summed E-state index contributed by atoms with van der Waals surface area (Å²) in [4.78, 5) is 11.9. The molecule has 7 heteroatoms. The largest absolute Gasteiger partial charge is 0.383 e. The zero-order valence-corrected chi connectivity index (χ0v) is 11.3. The number of hydrogen-bond donors (Lipinski definition) is 1. The van der Waals surface area contributed by atoms with Crippen molar-refractivity contribution in [2.24, 2.45) is 0 Å². The van der Waals surface area contributed by atoms with Crippen LogP contribution in [0.15, 0.2) is 0 Å². The van der Waals surface area contributed by atoms with E-state index in [4.69, 9.17) is 4.74 Å². The van der Waals surface area contributed by atoms with Crippen molar-refractivity contribution >= 4 is 15.9 Å². The SMILES string of the molecule is COC[C@@H](C)NC(=O)[C@H]1CCCN1S(C)(=O)=O. The molecule has 1 aliphatic heterocycles. The predicted molar refractivity (Wildman–Crippen MR) is 64.1 cm³/mol. The number of carbonyl (C=O) groups excluding carboxylic acids is 1.